The van der Waals surface area contributed by atoms with E-state index in [0.717, 1.165) is 28.1 Å². The molecule has 1 aromatic heterocycles. The van der Waals surface area contributed by atoms with Gasteiger partial charge in [0.1, 0.15) is 5.82 Å². The van der Waals surface area contributed by atoms with Crippen molar-refractivity contribution in [3.8, 4) is 5.69 Å². The summed E-state index contributed by atoms with van der Waals surface area (Å²) in [6.07, 6.45) is 4.11. The Morgan fingerprint density at radius 1 is 1.00 bits per heavy atom. The number of benzene rings is 3. The quantitative estimate of drug-likeness (QED) is 0.373. The molecule has 1 N–H and O–H groups in total. The van der Waals surface area contributed by atoms with Gasteiger partial charge in [0.05, 0.1) is 18.3 Å². The Balaban J connectivity index is 1.54. The highest BCUT2D eigenvalue weighted by Crippen LogP contribution is 2.37. The summed E-state index contributed by atoms with van der Waals surface area (Å²) in [5.41, 5.74) is 5.10. The highest BCUT2D eigenvalue weighted by molar-refractivity contribution is 7.98. The largest absolute Gasteiger partial charge is 0.334 e. The van der Waals surface area contributed by atoms with Gasteiger partial charge in [-0.15, -0.1) is 11.8 Å². The molecule has 0 unspecified atom stereocenters. The number of carbonyl (C=O) groups is 1. The van der Waals surface area contributed by atoms with E-state index in [1.807, 2.05) is 23.1 Å². The number of aromatic nitrogens is 1. The third kappa shape index (κ3) is 4.26. The van der Waals surface area contributed by atoms with Gasteiger partial charge in [0.15, 0.2) is 0 Å². The van der Waals surface area contributed by atoms with Crippen LogP contribution in [0.3, 0.4) is 0 Å². The van der Waals surface area contributed by atoms with Crippen LogP contribution in [-0.2, 0) is 13.1 Å². The first-order chi connectivity index (χ1) is 16.1. The van der Waals surface area contributed by atoms with E-state index in [1.54, 1.807) is 23.9 Å². The minimum Gasteiger partial charge on any atom is -0.334 e. The molecule has 33 heavy (non-hydrogen) atoms. The van der Waals surface area contributed by atoms with E-state index < -0.39 is 0 Å². The van der Waals surface area contributed by atoms with Crippen molar-refractivity contribution in [3.63, 3.8) is 0 Å². The molecule has 0 saturated carbocycles. The minimum atomic E-state index is -0.288. The smallest absolute Gasteiger partial charge is 0.318 e. The van der Waals surface area contributed by atoms with E-state index in [4.69, 9.17) is 0 Å². The number of urea groups is 1. The van der Waals surface area contributed by atoms with Gasteiger partial charge in [0.2, 0.25) is 0 Å². The molecule has 3 aromatic carbocycles. The highest BCUT2D eigenvalue weighted by atomic mass is 32.2. The van der Waals surface area contributed by atoms with Crippen molar-refractivity contribution < 1.29 is 9.18 Å². The van der Waals surface area contributed by atoms with E-state index >= 15 is 0 Å². The van der Waals surface area contributed by atoms with Crippen molar-refractivity contribution in [2.24, 2.45) is 0 Å². The molecule has 1 aliphatic heterocycles. The number of fused-ring (bicyclic) bond motifs is 3. The molecule has 0 bridgehead atoms. The van der Waals surface area contributed by atoms with Crippen LogP contribution in [0.2, 0.25) is 0 Å². The van der Waals surface area contributed by atoms with Crippen molar-refractivity contribution in [2.45, 2.75) is 24.0 Å². The molecule has 5 rings (SSSR count). The number of carbonyl (C=O) groups excluding carboxylic acids is 1. The van der Waals surface area contributed by atoms with Crippen molar-refractivity contribution in [1.82, 2.24) is 14.8 Å². The summed E-state index contributed by atoms with van der Waals surface area (Å²) in [5, 5.41) is 3.04. The van der Waals surface area contributed by atoms with Gasteiger partial charge in [-0.25, -0.2) is 9.18 Å². The molecule has 4 aromatic rings. The van der Waals surface area contributed by atoms with Gasteiger partial charge in [0, 0.05) is 23.3 Å². The number of hydrogen-bond donors (Lipinski definition) is 1. The average Bonchev–Trinajstić information content (AvgIpc) is 3.28. The van der Waals surface area contributed by atoms with Gasteiger partial charge < -0.3 is 14.8 Å². The van der Waals surface area contributed by atoms with Crippen LogP contribution in [0.5, 0.6) is 0 Å². The summed E-state index contributed by atoms with van der Waals surface area (Å²) in [5.74, 6) is -0.288. The van der Waals surface area contributed by atoms with Gasteiger partial charge in [-0.1, -0.05) is 42.5 Å². The van der Waals surface area contributed by atoms with Crippen LogP contribution in [0.4, 0.5) is 9.18 Å². The maximum Gasteiger partial charge on any atom is 0.318 e. The van der Waals surface area contributed by atoms with Crippen LogP contribution in [0.1, 0.15) is 28.4 Å². The molecule has 1 aliphatic rings. The summed E-state index contributed by atoms with van der Waals surface area (Å²) in [6, 6.07) is 26.5. The lowest BCUT2D eigenvalue weighted by Crippen LogP contribution is -2.41. The number of amides is 2. The Labute approximate surface area is 197 Å². The Hall–Kier alpha value is -3.51. The Kier molecular flexibility index (Phi) is 5.92. The zero-order valence-corrected chi connectivity index (χ0v) is 19.1. The van der Waals surface area contributed by atoms with Crippen molar-refractivity contribution in [3.05, 3.63) is 119 Å². The molecule has 6 heteroatoms. The fraction of sp³-hybridized carbons (Fsp3) is 0.148. The van der Waals surface area contributed by atoms with E-state index in [9.17, 15) is 9.18 Å². The van der Waals surface area contributed by atoms with Crippen molar-refractivity contribution in [2.75, 3.05) is 6.26 Å². The molecule has 0 fully saturated rings. The fourth-order valence-electron chi connectivity index (χ4n) is 4.36. The van der Waals surface area contributed by atoms with Crippen LogP contribution in [0.15, 0.2) is 96.0 Å². The number of para-hydroxylation sites is 1. The molecule has 0 saturated heterocycles. The van der Waals surface area contributed by atoms with E-state index in [2.05, 4.69) is 64.8 Å². The second kappa shape index (κ2) is 9.16. The van der Waals surface area contributed by atoms with Gasteiger partial charge in [-0.05, 0) is 65.4 Å². The number of rotatable bonds is 4. The molecule has 4 nitrogen and oxygen atoms in total. The fourth-order valence-corrected chi connectivity index (χ4v) is 4.77. The summed E-state index contributed by atoms with van der Waals surface area (Å²) in [6.45, 7) is 0.804. The summed E-state index contributed by atoms with van der Waals surface area (Å²) in [7, 11) is 0. The molecule has 1 atom stereocenters. The van der Waals surface area contributed by atoms with Gasteiger partial charge in [0.25, 0.3) is 0 Å². The molecule has 166 valence electrons. The molecule has 0 aliphatic carbocycles. The SMILES string of the molecule is CSc1ccc([C@H]2c3cccn3-c3ccccc3CN2C(=O)NCc2ccc(F)cc2)cc1. The lowest BCUT2D eigenvalue weighted by Gasteiger charge is -2.31. The second-order valence-corrected chi connectivity index (χ2v) is 8.90. The van der Waals surface area contributed by atoms with Crippen molar-refractivity contribution >= 4 is 17.8 Å². The van der Waals surface area contributed by atoms with Crippen LogP contribution < -0.4 is 5.32 Å². The molecule has 2 amide bonds. The van der Waals surface area contributed by atoms with Crippen molar-refractivity contribution in [1.29, 1.82) is 0 Å². The maximum atomic E-state index is 13.6. The lowest BCUT2D eigenvalue weighted by molar-refractivity contribution is 0.180. The van der Waals surface area contributed by atoms with Gasteiger partial charge in [-0.2, -0.15) is 0 Å². The predicted octanol–water partition coefficient (Wildman–Crippen LogP) is 6.15. The second-order valence-electron chi connectivity index (χ2n) is 8.02. The average molecular weight is 458 g/mol. The van der Waals surface area contributed by atoms with E-state index in [1.165, 1.54) is 17.0 Å². The van der Waals surface area contributed by atoms with Gasteiger partial charge >= 0.3 is 6.03 Å². The Bertz CT molecular complexity index is 1270. The first-order valence-corrected chi connectivity index (χ1v) is 12.0. The van der Waals surface area contributed by atoms with Crippen LogP contribution in [-0.4, -0.2) is 21.8 Å². The van der Waals surface area contributed by atoms with E-state index in [0.29, 0.717) is 13.1 Å². The first-order valence-electron chi connectivity index (χ1n) is 10.8. The third-order valence-electron chi connectivity index (χ3n) is 6.01. The maximum absolute atomic E-state index is 13.6. The number of nitrogens with zero attached hydrogens (tertiary/aromatic N) is 2. The third-order valence-corrected chi connectivity index (χ3v) is 6.76. The minimum absolute atomic E-state index is 0.164. The van der Waals surface area contributed by atoms with Crippen LogP contribution in [0, 0.1) is 5.82 Å². The molecule has 0 radical (unpaired) electrons. The highest BCUT2D eigenvalue weighted by Gasteiger charge is 2.32. The Morgan fingerprint density at radius 3 is 2.52 bits per heavy atom. The lowest BCUT2D eigenvalue weighted by atomic mass is 10.0. The predicted molar refractivity (Wildman–Crippen MR) is 130 cm³/mol. The zero-order valence-electron chi connectivity index (χ0n) is 18.2. The molecule has 0 spiro atoms. The zero-order chi connectivity index (χ0) is 22.8. The normalized spacial score (nSPS) is 14.8. The standard InChI is InChI=1S/C27H24FN3OS/c1-33-23-14-10-20(11-15-23)26-25-7-4-16-30(25)24-6-3-2-5-21(24)18-31(26)27(32)29-17-19-8-12-22(28)13-9-19/h2-16,26H,17-18H2,1H3,(H,29,32)/t26-/m0/s1. The molecule has 2 heterocycles. The van der Waals surface area contributed by atoms with Crippen LogP contribution in [0.25, 0.3) is 5.69 Å². The first kappa shape index (κ1) is 21.3. The summed E-state index contributed by atoms with van der Waals surface area (Å²) < 4.78 is 15.4. The Morgan fingerprint density at radius 2 is 1.76 bits per heavy atom. The topological polar surface area (TPSA) is 37.3 Å². The van der Waals surface area contributed by atoms with Crippen LogP contribution >= 0.6 is 11.8 Å². The number of halogens is 1. The monoisotopic (exact) mass is 457 g/mol. The number of thioether (sulfide) groups is 1. The summed E-state index contributed by atoms with van der Waals surface area (Å²) in [4.78, 5) is 16.6. The molecular weight excluding hydrogens is 433 g/mol. The number of nitrogens with one attached hydrogen (secondary N) is 1. The van der Waals surface area contributed by atoms with E-state index in [-0.39, 0.29) is 17.9 Å². The number of hydrogen-bond acceptors (Lipinski definition) is 2. The van der Waals surface area contributed by atoms with Gasteiger partial charge in [-0.3, -0.25) is 0 Å². The molecular formula is C27H24FN3OS. The summed E-state index contributed by atoms with van der Waals surface area (Å²) >= 11 is 1.69.